The number of carboxylic acids is 1. The molecule has 0 bridgehead atoms. The molecule has 1 aromatic rings. The minimum atomic E-state index is -1.01. The topological polar surface area (TPSA) is 94.7 Å². The summed E-state index contributed by atoms with van der Waals surface area (Å²) in [5, 5.41) is 20.7. The van der Waals surface area contributed by atoms with Gasteiger partial charge in [0.15, 0.2) is 0 Å². The molecule has 6 heteroatoms. The monoisotopic (exact) mass is 285 g/mol. The highest BCUT2D eigenvalue weighted by Gasteiger charge is 2.27. The average molecular weight is 285 g/mol. The molecule has 1 aromatic carbocycles. The first kappa shape index (κ1) is 14.6. The first-order valence-corrected chi connectivity index (χ1v) is 6.32. The van der Waals surface area contributed by atoms with Gasteiger partial charge in [0.25, 0.3) is 0 Å². The van der Waals surface area contributed by atoms with Gasteiger partial charge in [-0.05, 0) is 45.0 Å². The predicted octanol–water partition coefficient (Wildman–Crippen LogP) is 2.39. The van der Waals surface area contributed by atoms with Gasteiger partial charge in [-0.2, -0.15) is 10.3 Å². The van der Waals surface area contributed by atoms with Crippen molar-refractivity contribution in [3.8, 4) is 11.9 Å². The van der Waals surface area contributed by atoms with Crippen molar-refractivity contribution in [2.75, 3.05) is 0 Å². The summed E-state index contributed by atoms with van der Waals surface area (Å²) in [5.74, 6) is -0.00252. The van der Waals surface area contributed by atoms with E-state index in [1.807, 2.05) is 19.9 Å². The normalized spacial score (nSPS) is 16.1. The van der Waals surface area contributed by atoms with Crippen molar-refractivity contribution >= 4 is 17.5 Å². The highest BCUT2D eigenvalue weighted by atomic mass is 16.5. The Hall–Kier alpha value is -2.81. The van der Waals surface area contributed by atoms with Crippen LogP contribution in [-0.4, -0.2) is 22.5 Å². The number of fused-ring (bicyclic) bond motifs is 1. The second kappa shape index (κ2) is 5.29. The number of benzene rings is 1. The van der Waals surface area contributed by atoms with Crippen molar-refractivity contribution in [2.45, 2.75) is 26.4 Å². The second-order valence-electron chi connectivity index (χ2n) is 5.20. The number of nitrogens with one attached hydrogen (secondary N) is 1. The number of aromatic carboxylic acids is 1. The van der Waals surface area contributed by atoms with Crippen molar-refractivity contribution in [1.29, 1.82) is 5.26 Å². The molecule has 0 amide bonds. The third-order valence-corrected chi connectivity index (χ3v) is 2.91. The van der Waals surface area contributed by atoms with Crippen LogP contribution in [0.1, 0.15) is 36.7 Å². The zero-order valence-corrected chi connectivity index (χ0v) is 12.0. The Kier molecular flexibility index (Phi) is 3.68. The van der Waals surface area contributed by atoms with Crippen LogP contribution in [-0.2, 0) is 0 Å². The molecule has 0 saturated heterocycles. The van der Waals surface area contributed by atoms with Crippen LogP contribution in [0.2, 0.25) is 0 Å². The van der Waals surface area contributed by atoms with Crippen LogP contribution < -0.4 is 10.1 Å². The van der Waals surface area contributed by atoms with Crippen molar-refractivity contribution in [3.05, 3.63) is 35.4 Å². The molecule has 0 atom stereocenters. The van der Waals surface area contributed by atoms with Gasteiger partial charge in [-0.1, -0.05) is 0 Å². The number of carbonyl (C=O) groups is 1. The Labute approximate surface area is 122 Å². The number of hydrogen-bond donors (Lipinski definition) is 2. The van der Waals surface area contributed by atoms with Crippen LogP contribution in [0.4, 0.5) is 0 Å². The van der Waals surface area contributed by atoms with E-state index < -0.39 is 11.6 Å². The molecule has 1 aliphatic heterocycles. The number of hydrogen-bond acceptors (Lipinski definition) is 4. The summed E-state index contributed by atoms with van der Waals surface area (Å²) in [6.45, 7) is 5.44. The third kappa shape index (κ3) is 3.20. The summed E-state index contributed by atoms with van der Waals surface area (Å²) >= 11 is 0. The summed E-state index contributed by atoms with van der Waals surface area (Å²) in [7, 11) is 0. The molecule has 1 heterocycles. The number of ether oxygens (including phenoxy) is 1. The predicted molar refractivity (Wildman–Crippen MR) is 77.9 cm³/mol. The van der Waals surface area contributed by atoms with E-state index >= 15 is 0 Å². The summed E-state index contributed by atoms with van der Waals surface area (Å²) in [4.78, 5) is 14.7. The van der Waals surface area contributed by atoms with E-state index in [2.05, 4.69) is 10.3 Å². The minimum absolute atomic E-state index is 0.166. The molecule has 2 N–H and O–H groups in total. The summed E-state index contributed by atoms with van der Waals surface area (Å²) in [6, 6.07) is 4.66. The van der Waals surface area contributed by atoms with E-state index in [1.54, 1.807) is 19.2 Å². The Morgan fingerprint density at radius 1 is 1.48 bits per heavy atom. The smallest absolute Gasteiger partial charge is 0.335 e. The second-order valence-corrected chi connectivity index (χ2v) is 5.20. The lowest BCUT2D eigenvalue weighted by molar-refractivity contribution is 0.0696. The van der Waals surface area contributed by atoms with Crippen LogP contribution in [0.3, 0.4) is 0 Å². The number of aliphatic imine (C=N–C) groups is 1. The molecule has 0 fully saturated rings. The Morgan fingerprint density at radius 3 is 2.81 bits per heavy atom. The lowest BCUT2D eigenvalue weighted by atomic mass is 9.97. The van der Waals surface area contributed by atoms with Gasteiger partial charge in [-0.15, -0.1) is 0 Å². The van der Waals surface area contributed by atoms with Gasteiger partial charge < -0.3 is 15.2 Å². The highest BCUT2D eigenvalue weighted by Crippen LogP contribution is 2.35. The quantitative estimate of drug-likeness (QED) is 0.494. The molecule has 0 aliphatic carbocycles. The molecule has 0 aromatic heterocycles. The van der Waals surface area contributed by atoms with Gasteiger partial charge in [0.2, 0.25) is 6.19 Å². The number of nitrogens with zero attached hydrogens (tertiary/aromatic N) is 2. The Bertz CT molecular complexity index is 697. The molecule has 0 saturated carbocycles. The third-order valence-electron chi connectivity index (χ3n) is 2.91. The van der Waals surface area contributed by atoms with Gasteiger partial charge in [0, 0.05) is 5.56 Å². The fourth-order valence-electron chi connectivity index (χ4n) is 2.10. The molecule has 0 radical (unpaired) electrons. The zero-order chi connectivity index (χ0) is 15.6. The lowest BCUT2D eigenvalue weighted by Crippen LogP contribution is -2.33. The van der Waals surface area contributed by atoms with Crippen LogP contribution >= 0.6 is 0 Å². The first-order valence-electron chi connectivity index (χ1n) is 6.32. The maximum Gasteiger partial charge on any atom is 0.335 e. The molecular formula is C15H15N3O3. The van der Waals surface area contributed by atoms with E-state index in [9.17, 15) is 4.79 Å². The lowest BCUT2D eigenvalue weighted by Gasteiger charge is -2.31. The van der Waals surface area contributed by atoms with Gasteiger partial charge in [-0.3, -0.25) is 0 Å². The SMILES string of the molecule is CC(=NC#N)NC1=CC(C)(C)Oc2ccc(C(=O)O)cc21. The van der Waals surface area contributed by atoms with Gasteiger partial charge in [-0.25, -0.2) is 4.79 Å². The molecular weight excluding hydrogens is 270 g/mol. The van der Waals surface area contributed by atoms with Gasteiger partial charge in [0.1, 0.15) is 17.2 Å². The standard InChI is InChI=1S/C15H15N3O3/c1-9(17-8-16)18-12-7-15(2,3)21-13-5-4-10(14(19)20)6-11(12)13/h4-7H,1-3H3,(H,17,18)(H,19,20). The van der Waals surface area contributed by atoms with Gasteiger partial charge >= 0.3 is 5.97 Å². The van der Waals surface area contributed by atoms with Crippen LogP contribution in [0, 0.1) is 11.5 Å². The fourth-order valence-corrected chi connectivity index (χ4v) is 2.10. The molecule has 0 unspecified atom stereocenters. The Morgan fingerprint density at radius 2 is 2.19 bits per heavy atom. The first-order chi connectivity index (χ1) is 9.82. The number of rotatable bonds is 2. The minimum Gasteiger partial charge on any atom is -0.483 e. The number of amidine groups is 1. The van der Waals surface area contributed by atoms with Crippen molar-refractivity contribution < 1.29 is 14.6 Å². The average Bonchev–Trinajstić information content (AvgIpc) is 2.37. The van der Waals surface area contributed by atoms with E-state index in [-0.39, 0.29) is 5.56 Å². The fraction of sp³-hybridized carbons (Fsp3) is 0.267. The summed E-state index contributed by atoms with van der Waals surface area (Å²) < 4.78 is 5.81. The van der Waals surface area contributed by atoms with E-state index in [1.165, 1.54) is 12.1 Å². The molecule has 6 nitrogen and oxygen atoms in total. The largest absolute Gasteiger partial charge is 0.483 e. The van der Waals surface area contributed by atoms with Gasteiger partial charge in [0.05, 0.1) is 11.3 Å². The molecule has 1 aliphatic rings. The number of carboxylic acid groups (broad SMARTS) is 1. The number of nitriles is 1. The summed E-state index contributed by atoms with van der Waals surface area (Å²) in [6.07, 6.45) is 3.53. The summed E-state index contributed by atoms with van der Waals surface area (Å²) in [5.41, 5.74) is 0.912. The van der Waals surface area contributed by atoms with Crippen LogP contribution in [0.15, 0.2) is 29.3 Å². The van der Waals surface area contributed by atoms with Crippen molar-refractivity contribution in [1.82, 2.24) is 5.32 Å². The van der Waals surface area contributed by atoms with E-state index in [0.717, 1.165) is 0 Å². The van der Waals surface area contributed by atoms with Crippen molar-refractivity contribution in [2.24, 2.45) is 4.99 Å². The van der Waals surface area contributed by atoms with E-state index in [4.69, 9.17) is 15.1 Å². The van der Waals surface area contributed by atoms with Crippen molar-refractivity contribution in [3.63, 3.8) is 0 Å². The maximum absolute atomic E-state index is 11.1. The zero-order valence-electron chi connectivity index (χ0n) is 12.0. The van der Waals surface area contributed by atoms with E-state index in [0.29, 0.717) is 22.8 Å². The molecule has 0 spiro atoms. The molecule has 21 heavy (non-hydrogen) atoms. The molecule has 2 rings (SSSR count). The van der Waals surface area contributed by atoms with Crippen LogP contribution in [0.5, 0.6) is 5.75 Å². The Balaban J connectivity index is 2.50. The maximum atomic E-state index is 11.1. The van der Waals surface area contributed by atoms with Crippen LogP contribution in [0.25, 0.3) is 5.70 Å². The molecule has 108 valence electrons. The highest BCUT2D eigenvalue weighted by molar-refractivity contribution is 5.94.